The summed E-state index contributed by atoms with van der Waals surface area (Å²) in [4.78, 5) is 33.6. The number of non-ortho nitro benzene ring substituents is 1. The number of hydrogen-bond acceptors (Lipinski definition) is 8. The molecule has 0 bridgehead atoms. The van der Waals surface area contributed by atoms with Gasteiger partial charge in [0.25, 0.3) is 11.2 Å². The predicted octanol–water partition coefficient (Wildman–Crippen LogP) is -0.566. The third-order valence-corrected chi connectivity index (χ3v) is 4.00. The van der Waals surface area contributed by atoms with Crippen LogP contribution in [0, 0.1) is 10.1 Å². The Morgan fingerprint density at radius 2 is 1.86 bits per heavy atom. The highest BCUT2D eigenvalue weighted by Crippen LogP contribution is 2.17. The van der Waals surface area contributed by atoms with Crippen molar-refractivity contribution in [2.45, 2.75) is 6.10 Å². The maximum atomic E-state index is 11.8. The number of nitro benzene ring substituents is 1. The zero-order valence-corrected chi connectivity index (χ0v) is 15.6. The van der Waals surface area contributed by atoms with E-state index in [1.165, 1.54) is 41.9 Å². The minimum Gasteiger partial charge on any atom is -0.491 e. The molecule has 0 aliphatic carbocycles. The van der Waals surface area contributed by atoms with E-state index in [-0.39, 0.29) is 18.8 Å². The van der Waals surface area contributed by atoms with Gasteiger partial charge in [-0.3, -0.25) is 24.0 Å². The smallest absolute Gasteiger partial charge is 0.332 e. The second-order valence-electron chi connectivity index (χ2n) is 6.12. The summed E-state index contributed by atoms with van der Waals surface area (Å²) in [6.45, 7) is 1.22. The summed E-state index contributed by atoms with van der Waals surface area (Å²) in [5.74, 6) is 0.842. The van der Waals surface area contributed by atoms with E-state index in [9.17, 15) is 24.8 Å². The fraction of sp³-hybridized carbons (Fsp3) is 0.412. The first kappa shape index (κ1) is 21.1. The molecule has 0 saturated carbocycles. The van der Waals surface area contributed by atoms with Crippen molar-refractivity contribution < 1.29 is 14.8 Å². The molecule has 0 radical (unpaired) electrons. The molecule has 2 aromatic rings. The highest BCUT2D eigenvalue weighted by molar-refractivity contribution is 5.36. The van der Waals surface area contributed by atoms with Crippen LogP contribution in [0.1, 0.15) is 0 Å². The molecular formula is C17H23N5O6. The lowest BCUT2D eigenvalue weighted by Crippen LogP contribution is -2.38. The van der Waals surface area contributed by atoms with E-state index in [1.54, 1.807) is 7.05 Å². The van der Waals surface area contributed by atoms with Crippen LogP contribution in [0.3, 0.4) is 0 Å². The molecule has 0 aliphatic heterocycles. The Balaban J connectivity index is 1.69. The largest absolute Gasteiger partial charge is 0.491 e. The highest BCUT2D eigenvalue weighted by atomic mass is 16.6. The molecule has 0 amide bonds. The molecule has 11 heteroatoms. The van der Waals surface area contributed by atoms with Crippen LogP contribution in [-0.4, -0.2) is 51.5 Å². The number of nitrogens with zero attached hydrogens (tertiary/aromatic N) is 3. The second kappa shape index (κ2) is 9.67. The van der Waals surface area contributed by atoms with Gasteiger partial charge < -0.3 is 20.5 Å². The number of aliphatic hydroxyl groups is 1. The molecule has 11 nitrogen and oxygen atoms in total. The molecular weight excluding hydrogens is 370 g/mol. The highest BCUT2D eigenvalue weighted by Gasteiger charge is 2.08. The van der Waals surface area contributed by atoms with E-state index in [4.69, 9.17) is 4.74 Å². The van der Waals surface area contributed by atoms with Crippen LogP contribution in [-0.2, 0) is 14.1 Å². The van der Waals surface area contributed by atoms with Gasteiger partial charge in [-0.05, 0) is 12.1 Å². The van der Waals surface area contributed by atoms with Crippen molar-refractivity contribution in [3.63, 3.8) is 0 Å². The lowest BCUT2D eigenvalue weighted by molar-refractivity contribution is -0.384. The van der Waals surface area contributed by atoms with E-state index in [1.807, 2.05) is 0 Å². The number of aromatic nitrogens is 2. The van der Waals surface area contributed by atoms with E-state index in [2.05, 4.69) is 10.6 Å². The van der Waals surface area contributed by atoms with Crippen LogP contribution >= 0.6 is 0 Å². The summed E-state index contributed by atoms with van der Waals surface area (Å²) in [6.07, 6.45) is -0.774. The molecule has 1 heterocycles. The van der Waals surface area contributed by atoms with Crippen LogP contribution in [0.15, 0.2) is 39.9 Å². The maximum Gasteiger partial charge on any atom is 0.332 e. The van der Waals surface area contributed by atoms with Gasteiger partial charge in [0.1, 0.15) is 24.3 Å². The first-order valence-corrected chi connectivity index (χ1v) is 8.56. The van der Waals surface area contributed by atoms with E-state index >= 15 is 0 Å². The lowest BCUT2D eigenvalue weighted by Gasteiger charge is -2.14. The van der Waals surface area contributed by atoms with Gasteiger partial charge >= 0.3 is 5.69 Å². The summed E-state index contributed by atoms with van der Waals surface area (Å²) in [5.41, 5.74) is -0.838. The first-order chi connectivity index (χ1) is 13.3. The predicted molar refractivity (Wildman–Crippen MR) is 103 cm³/mol. The number of hydrogen-bond donors (Lipinski definition) is 3. The third-order valence-electron chi connectivity index (χ3n) is 4.00. The van der Waals surface area contributed by atoms with E-state index < -0.39 is 22.3 Å². The summed E-state index contributed by atoms with van der Waals surface area (Å²) in [7, 11) is 2.98. The minimum atomic E-state index is -0.774. The first-order valence-electron chi connectivity index (χ1n) is 8.56. The summed E-state index contributed by atoms with van der Waals surface area (Å²) < 4.78 is 7.74. The van der Waals surface area contributed by atoms with Crippen molar-refractivity contribution in [3.8, 4) is 5.75 Å². The maximum absolute atomic E-state index is 11.8. The van der Waals surface area contributed by atoms with Gasteiger partial charge in [-0.1, -0.05) is 0 Å². The zero-order valence-electron chi connectivity index (χ0n) is 15.6. The Bertz CT molecular complexity index is 921. The summed E-state index contributed by atoms with van der Waals surface area (Å²) >= 11 is 0. The van der Waals surface area contributed by atoms with Gasteiger partial charge in [-0.25, -0.2) is 4.79 Å². The number of rotatable bonds is 10. The number of benzene rings is 1. The normalized spacial score (nSPS) is 11.8. The fourth-order valence-corrected chi connectivity index (χ4v) is 2.37. The van der Waals surface area contributed by atoms with Crippen LogP contribution < -0.4 is 26.6 Å². The molecule has 152 valence electrons. The summed E-state index contributed by atoms with van der Waals surface area (Å²) in [5, 5.41) is 26.5. The van der Waals surface area contributed by atoms with Gasteiger partial charge in [0.15, 0.2) is 0 Å². The van der Waals surface area contributed by atoms with Gasteiger partial charge in [-0.15, -0.1) is 0 Å². The molecule has 1 aromatic heterocycles. The van der Waals surface area contributed by atoms with Crippen molar-refractivity contribution in [3.05, 3.63) is 61.3 Å². The second-order valence-corrected chi connectivity index (χ2v) is 6.12. The molecule has 2 rings (SSSR count). The van der Waals surface area contributed by atoms with E-state index in [0.29, 0.717) is 24.7 Å². The monoisotopic (exact) mass is 393 g/mol. The zero-order chi connectivity index (χ0) is 20.7. The topological polar surface area (TPSA) is 141 Å². The molecule has 3 N–H and O–H groups in total. The standard InChI is InChI=1S/C17H23N5O6/c1-20-15(9-16(24)21(2)17(20)25)19-8-7-18-10-13(23)11-28-14-5-3-12(4-6-14)22(26)27/h3-6,9,13,18-19,23H,7-8,10-11H2,1-2H3. The summed E-state index contributed by atoms with van der Waals surface area (Å²) in [6, 6.07) is 6.94. The molecule has 0 fully saturated rings. The van der Waals surface area contributed by atoms with E-state index in [0.717, 1.165) is 4.57 Å². The molecule has 1 aromatic carbocycles. The Hall–Kier alpha value is -3.18. The van der Waals surface area contributed by atoms with Gasteiger partial charge in [-0.2, -0.15) is 0 Å². The lowest BCUT2D eigenvalue weighted by atomic mass is 10.3. The number of ether oxygens (including phenoxy) is 1. The van der Waals surface area contributed by atoms with Crippen molar-refractivity contribution in [2.75, 3.05) is 31.6 Å². The van der Waals surface area contributed by atoms with Crippen LogP contribution in [0.5, 0.6) is 5.75 Å². The quantitative estimate of drug-likeness (QED) is 0.277. The molecule has 1 unspecified atom stereocenters. The van der Waals surface area contributed by atoms with Crippen LogP contribution in [0.2, 0.25) is 0 Å². The Kier molecular flexibility index (Phi) is 7.29. The molecule has 1 atom stereocenters. The average molecular weight is 393 g/mol. The van der Waals surface area contributed by atoms with Gasteiger partial charge in [0.05, 0.1) is 4.92 Å². The van der Waals surface area contributed by atoms with Crippen LogP contribution in [0.25, 0.3) is 0 Å². The van der Waals surface area contributed by atoms with Gasteiger partial charge in [0.2, 0.25) is 0 Å². The SMILES string of the molecule is Cn1c(NCCNCC(O)COc2ccc([N+](=O)[O-])cc2)cc(=O)n(C)c1=O. The molecule has 0 saturated heterocycles. The van der Waals surface area contributed by atoms with Crippen LogP contribution in [0.4, 0.5) is 11.5 Å². The van der Waals surface area contributed by atoms with Gasteiger partial charge in [0, 0.05) is 51.9 Å². The number of nitro groups is 1. The minimum absolute atomic E-state index is 0.0292. The third kappa shape index (κ3) is 5.66. The van der Waals surface area contributed by atoms with Crippen molar-refractivity contribution in [2.24, 2.45) is 14.1 Å². The number of anilines is 1. The molecule has 28 heavy (non-hydrogen) atoms. The fourth-order valence-electron chi connectivity index (χ4n) is 2.37. The number of aliphatic hydroxyl groups excluding tert-OH is 1. The Morgan fingerprint density at radius 1 is 1.18 bits per heavy atom. The Labute approximate surface area is 160 Å². The molecule has 0 aliphatic rings. The Morgan fingerprint density at radius 3 is 2.50 bits per heavy atom. The number of nitrogens with one attached hydrogen (secondary N) is 2. The van der Waals surface area contributed by atoms with Crippen molar-refractivity contribution in [1.29, 1.82) is 0 Å². The van der Waals surface area contributed by atoms with Crippen molar-refractivity contribution in [1.82, 2.24) is 14.5 Å². The average Bonchev–Trinajstić information content (AvgIpc) is 2.68. The van der Waals surface area contributed by atoms with Crippen molar-refractivity contribution >= 4 is 11.5 Å². The molecule has 0 spiro atoms.